The van der Waals surface area contributed by atoms with Crippen molar-refractivity contribution in [1.29, 1.82) is 0 Å². The first kappa shape index (κ1) is 20.0. The van der Waals surface area contributed by atoms with Crippen LogP contribution in [0.5, 0.6) is 5.75 Å². The largest absolute Gasteiger partial charge is 0.494 e. The molecule has 1 aromatic carbocycles. The number of carbonyl (C=O) groups excluding carboxylic acids is 1. The van der Waals surface area contributed by atoms with Crippen molar-refractivity contribution >= 4 is 6.03 Å². The minimum Gasteiger partial charge on any atom is -0.494 e. The number of ether oxygens (including phenoxy) is 1. The molecule has 0 aliphatic carbocycles. The van der Waals surface area contributed by atoms with Crippen LogP contribution in [0.1, 0.15) is 58.1 Å². The van der Waals surface area contributed by atoms with Gasteiger partial charge >= 0.3 is 6.03 Å². The Kier molecular flexibility index (Phi) is 7.00. The van der Waals surface area contributed by atoms with Gasteiger partial charge in [0.05, 0.1) is 12.6 Å². The topological polar surface area (TPSA) is 44.8 Å². The predicted octanol–water partition coefficient (Wildman–Crippen LogP) is 4.05. The van der Waals surface area contributed by atoms with Crippen molar-refractivity contribution in [2.75, 3.05) is 32.8 Å². The second-order valence-electron chi connectivity index (χ2n) is 8.21. The predicted molar refractivity (Wildman–Crippen MR) is 109 cm³/mol. The number of urea groups is 1. The van der Waals surface area contributed by atoms with Gasteiger partial charge in [-0.15, -0.1) is 0 Å². The van der Waals surface area contributed by atoms with Crippen LogP contribution in [0, 0.1) is 5.92 Å². The average molecular weight is 374 g/mol. The second-order valence-corrected chi connectivity index (χ2v) is 8.21. The molecule has 1 aromatic rings. The molecule has 2 aliphatic heterocycles. The number of hydrogen-bond donors (Lipinski definition) is 1. The average Bonchev–Trinajstić information content (AvgIpc) is 3.12. The van der Waals surface area contributed by atoms with Gasteiger partial charge in [-0.2, -0.15) is 0 Å². The van der Waals surface area contributed by atoms with Crippen molar-refractivity contribution in [3.05, 3.63) is 29.8 Å². The van der Waals surface area contributed by atoms with Crippen molar-refractivity contribution in [1.82, 2.24) is 15.1 Å². The van der Waals surface area contributed by atoms with E-state index in [4.69, 9.17) is 4.74 Å². The standard InChI is InChI=1S/C22H35N3O2/c1-4-27-20-11-9-19(10-12-20)21-8-6-14-25(21)22(26)23-18(3)16-24-13-5-7-17(2)15-24/h9-12,17-18,21H,4-8,13-16H2,1-3H3,(H,23,26). The van der Waals surface area contributed by atoms with Crippen LogP contribution in [0.4, 0.5) is 4.79 Å². The Balaban J connectivity index is 1.54. The molecule has 2 aliphatic rings. The summed E-state index contributed by atoms with van der Waals surface area (Å²) in [4.78, 5) is 17.4. The Morgan fingerprint density at radius 1 is 1.22 bits per heavy atom. The Hall–Kier alpha value is -1.75. The zero-order valence-electron chi connectivity index (χ0n) is 17.1. The summed E-state index contributed by atoms with van der Waals surface area (Å²) in [6, 6.07) is 8.62. The monoisotopic (exact) mass is 373 g/mol. The van der Waals surface area contributed by atoms with E-state index in [0.717, 1.165) is 50.7 Å². The maximum Gasteiger partial charge on any atom is 0.318 e. The van der Waals surface area contributed by atoms with Crippen molar-refractivity contribution < 1.29 is 9.53 Å². The molecule has 3 atom stereocenters. The fourth-order valence-corrected chi connectivity index (χ4v) is 4.49. The minimum atomic E-state index is 0.0731. The molecule has 0 radical (unpaired) electrons. The molecule has 0 bridgehead atoms. The van der Waals surface area contributed by atoms with Gasteiger partial charge < -0.3 is 19.9 Å². The number of amides is 2. The van der Waals surface area contributed by atoms with Gasteiger partial charge in [0.1, 0.15) is 5.75 Å². The first-order valence-corrected chi connectivity index (χ1v) is 10.6. The molecule has 5 heteroatoms. The molecular formula is C22H35N3O2. The van der Waals surface area contributed by atoms with Crippen LogP contribution in [0.25, 0.3) is 0 Å². The highest BCUT2D eigenvalue weighted by molar-refractivity contribution is 5.75. The Morgan fingerprint density at radius 3 is 2.67 bits per heavy atom. The van der Waals surface area contributed by atoms with Gasteiger partial charge in [0.2, 0.25) is 0 Å². The number of carbonyl (C=O) groups is 1. The third-order valence-corrected chi connectivity index (χ3v) is 5.73. The number of benzene rings is 1. The van der Waals surface area contributed by atoms with Crippen LogP contribution in [0.3, 0.4) is 0 Å². The summed E-state index contributed by atoms with van der Waals surface area (Å²) in [7, 11) is 0. The number of nitrogens with one attached hydrogen (secondary N) is 1. The first-order chi connectivity index (χ1) is 13.1. The summed E-state index contributed by atoms with van der Waals surface area (Å²) in [5, 5.41) is 3.24. The van der Waals surface area contributed by atoms with Crippen LogP contribution in [0.2, 0.25) is 0 Å². The van der Waals surface area contributed by atoms with Crippen molar-refractivity contribution in [2.24, 2.45) is 5.92 Å². The Labute approximate surface area is 164 Å². The summed E-state index contributed by atoms with van der Waals surface area (Å²) < 4.78 is 5.53. The Bertz CT molecular complexity index is 604. The molecule has 0 spiro atoms. The van der Waals surface area contributed by atoms with Gasteiger partial charge in [-0.1, -0.05) is 19.1 Å². The van der Waals surface area contributed by atoms with E-state index < -0.39 is 0 Å². The molecule has 27 heavy (non-hydrogen) atoms. The van der Waals surface area contributed by atoms with E-state index >= 15 is 0 Å². The van der Waals surface area contributed by atoms with E-state index in [1.807, 2.05) is 24.0 Å². The van der Waals surface area contributed by atoms with Gasteiger partial charge in [-0.3, -0.25) is 0 Å². The van der Waals surface area contributed by atoms with Crippen LogP contribution < -0.4 is 10.1 Å². The SMILES string of the molecule is CCOc1ccc(C2CCCN2C(=O)NC(C)CN2CCCC(C)C2)cc1. The van der Waals surface area contributed by atoms with Crippen molar-refractivity contribution in [2.45, 2.75) is 58.5 Å². The van der Waals surface area contributed by atoms with Crippen LogP contribution in [0.15, 0.2) is 24.3 Å². The molecule has 2 heterocycles. The van der Waals surface area contributed by atoms with Gasteiger partial charge in [0.15, 0.2) is 0 Å². The molecule has 5 nitrogen and oxygen atoms in total. The summed E-state index contributed by atoms with van der Waals surface area (Å²) in [5.41, 5.74) is 1.20. The van der Waals surface area contributed by atoms with E-state index in [1.54, 1.807) is 0 Å². The maximum atomic E-state index is 12.9. The summed E-state index contributed by atoms with van der Waals surface area (Å²) in [5.74, 6) is 1.66. The van der Waals surface area contributed by atoms with Crippen LogP contribution in [-0.2, 0) is 0 Å². The highest BCUT2D eigenvalue weighted by atomic mass is 16.5. The summed E-state index contributed by atoms with van der Waals surface area (Å²) in [6.07, 6.45) is 4.69. The molecule has 2 fully saturated rings. The quantitative estimate of drug-likeness (QED) is 0.818. The lowest BCUT2D eigenvalue weighted by Crippen LogP contribution is -2.49. The van der Waals surface area contributed by atoms with E-state index in [9.17, 15) is 4.79 Å². The van der Waals surface area contributed by atoms with E-state index in [1.165, 1.54) is 18.4 Å². The van der Waals surface area contributed by atoms with Crippen LogP contribution >= 0.6 is 0 Å². The molecule has 2 amide bonds. The maximum absolute atomic E-state index is 12.9. The third-order valence-electron chi connectivity index (χ3n) is 5.73. The summed E-state index contributed by atoms with van der Waals surface area (Å²) in [6.45, 7) is 11.2. The number of likely N-dealkylation sites (tertiary alicyclic amines) is 2. The van der Waals surface area contributed by atoms with Gasteiger partial charge in [-0.25, -0.2) is 4.79 Å². The highest BCUT2D eigenvalue weighted by Crippen LogP contribution is 2.32. The molecule has 1 N–H and O–H groups in total. The van der Waals surface area contributed by atoms with Crippen molar-refractivity contribution in [3.8, 4) is 5.75 Å². The van der Waals surface area contributed by atoms with Crippen LogP contribution in [-0.4, -0.2) is 54.7 Å². The molecule has 3 unspecified atom stereocenters. The Morgan fingerprint density at radius 2 is 1.96 bits per heavy atom. The lowest BCUT2D eigenvalue weighted by Gasteiger charge is -2.34. The second kappa shape index (κ2) is 9.45. The molecule has 2 saturated heterocycles. The van der Waals surface area contributed by atoms with E-state index in [0.29, 0.717) is 6.61 Å². The smallest absolute Gasteiger partial charge is 0.318 e. The lowest BCUT2D eigenvalue weighted by molar-refractivity contribution is 0.160. The fourth-order valence-electron chi connectivity index (χ4n) is 4.49. The number of nitrogens with zero attached hydrogens (tertiary/aromatic N) is 2. The number of hydrogen-bond acceptors (Lipinski definition) is 3. The van der Waals surface area contributed by atoms with Gasteiger partial charge in [0.25, 0.3) is 0 Å². The summed E-state index contributed by atoms with van der Waals surface area (Å²) >= 11 is 0. The first-order valence-electron chi connectivity index (χ1n) is 10.6. The zero-order chi connectivity index (χ0) is 19.2. The third kappa shape index (κ3) is 5.38. The number of piperidine rings is 1. The molecule has 0 aromatic heterocycles. The van der Waals surface area contributed by atoms with Crippen molar-refractivity contribution in [3.63, 3.8) is 0 Å². The zero-order valence-corrected chi connectivity index (χ0v) is 17.1. The molecule has 3 rings (SSSR count). The lowest BCUT2D eigenvalue weighted by atomic mass is 10.00. The highest BCUT2D eigenvalue weighted by Gasteiger charge is 2.31. The van der Waals surface area contributed by atoms with Gasteiger partial charge in [0, 0.05) is 25.7 Å². The van der Waals surface area contributed by atoms with Gasteiger partial charge in [-0.05, 0) is 69.7 Å². The number of rotatable bonds is 6. The molecule has 150 valence electrons. The molecule has 0 saturated carbocycles. The molecular weight excluding hydrogens is 338 g/mol. The van der Waals surface area contributed by atoms with E-state index in [2.05, 4.69) is 36.2 Å². The fraction of sp³-hybridized carbons (Fsp3) is 0.682. The van der Waals surface area contributed by atoms with E-state index in [-0.39, 0.29) is 18.1 Å². The minimum absolute atomic E-state index is 0.0731. The normalized spacial score (nSPS) is 24.6.